The SMILES string of the molecule is O=C(c1ccc(F)c(F)c1F)N1CCNCC1c1cccnc1. The van der Waals surface area contributed by atoms with Gasteiger partial charge in [-0.1, -0.05) is 6.07 Å². The first-order valence-electron chi connectivity index (χ1n) is 7.14. The number of hydrogen-bond acceptors (Lipinski definition) is 3. The lowest BCUT2D eigenvalue weighted by Crippen LogP contribution is -2.49. The lowest BCUT2D eigenvalue weighted by Gasteiger charge is -2.36. The smallest absolute Gasteiger partial charge is 0.257 e. The van der Waals surface area contributed by atoms with Gasteiger partial charge in [-0.25, -0.2) is 13.2 Å². The molecule has 1 saturated heterocycles. The zero-order valence-corrected chi connectivity index (χ0v) is 12.1. The lowest BCUT2D eigenvalue weighted by molar-refractivity contribution is 0.0627. The summed E-state index contributed by atoms with van der Waals surface area (Å²) >= 11 is 0. The third kappa shape index (κ3) is 2.92. The highest BCUT2D eigenvalue weighted by molar-refractivity contribution is 5.95. The molecule has 1 aliphatic heterocycles. The number of nitrogens with zero attached hydrogens (tertiary/aromatic N) is 2. The van der Waals surface area contributed by atoms with E-state index in [1.165, 1.54) is 4.90 Å². The van der Waals surface area contributed by atoms with Crippen molar-refractivity contribution in [3.8, 4) is 0 Å². The second-order valence-corrected chi connectivity index (χ2v) is 5.23. The molecule has 7 heteroatoms. The van der Waals surface area contributed by atoms with Crippen molar-refractivity contribution in [2.24, 2.45) is 0 Å². The summed E-state index contributed by atoms with van der Waals surface area (Å²) in [6, 6.07) is 4.93. The fourth-order valence-corrected chi connectivity index (χ4v) is 2.66. The Morgan fingerprint density at radius 3 is 2.78 bits per heavy atom. The number of hydrogen-bond donors (Lipinski definition) is 1. The fourth-order valence-electron chi connectivity index (χ4n) is 2.66. The number of rotatable bonds is 2. The molecular formula is C16H14F3N3O. The van der Waals surface area contributed by atoms with Gasteiger partial charge in [0.15, 0.2) is 17.5 Å². The van der Waals surface area contributed by atoms with Crippen LogP contribution in [0.5, 0.6) is 0 Å². The van der Waals surface area contributed by atoms with Crippen LogP contribution in [-0.4, -0.2) is 35.4 Å². The second kappa shape index (κ2) is 6.37. The number of nitrogens with one attached hydrogen (secondary N) is 1. The number of piperazine rings is 1. The zero-order chi connectivity index (χ0) is 16.4. The van der Waals surface area contributed by atoms with Crippen LogP contribution in [-0.2, 0) is 0 Å². The zero-order valence-electron chi connectivity index (χ0n) is 12.1. The van der Waals surface area contributed by atoms with Crippen molar-refractivity contribution in [1.29, 1.82) is 0 Å². The molecule has 1 aromatic heterocycles. The van der Waals surface area contributed by atoms with Gasteiger partial charge in [0.05, 0.1) is 11.6 Å². The molecule has 1 fully saturated rings. The Bertz CT molecular complexity index is 724. The predicted molar refractivity (Wildman–Crippen MR) is 77.2 cm³/mol. The normalized spacial score (nSPS) is 18.0. The molecule has 120 valence electrons. The van der Waals surface area contributed by atoms with Crippen LogP contribution in [0.25, 0.3) is 0 Å². The van der Waals surface area contributed by atoms with Crippen molar-refractivity contribution in [3.05, 3.63) is 65.2 Å². The summed E-state index contributed by atoms with van der Waals surface area (Å²) in [6.45, 7) is 1.34. The maximum absolute atomic E-state index is 13.9. The van der Waals surface area contributed by atoms with Gasteiger partial charge in [0.25, 0.3) is 5.91 Å². The Morgan fingerprint density at radius 2 is 2.04 bits per heavy atom. The van der Waals surface area contributed by atoms with Gasteiger partial charge in [-0.05, 0) is 23.8 Å². The van der Waals surface area contributed by atoms with Crippen LogP contribution in [0.2, 0.25) is 0 Å². The highest BCUT2D eigenvalue weighted by Gasteiger charge is 2.31. The van der Waals surface area contributed by atoms with Crippen molar-refractivity contribution >= 4 is 5.91 Å². The summed E-state index contributed by atoms with van der Waals surface area (Å²) in [5.74, 6) is -5.08. The minimum Gasteiger partial charge on any atom is -0.329 e. The first-order valence-corrected chi connectivity index (χ1v) is 7.14. The molecule has 1 aromatic carbocycles. The van der Waals surface area contributed by atoms with Gasteiger partial charge in [0, 0.05) is 32.0 Å². The number of halogens is 3. The minimum absolute atomic E-state index is 0.330. The summed E-state index contributed by atoms with van der Waals surface area (Å²) in [5.41, 5.74) is 0.315. The molecule has 2 heterocycles. The number of pyridine rings is 1. The van der Waals surface area contributed by atoms with Crippen molar-refractivity contribution in [3.63, 3.8) is 0 Å². The van der Waals surface area contributed by atoms with E-state index in [4.69, 9.17) is 0 Å². The monoisotopic (exact) mass is 321 g/mol. The Kier molecular flexibility index (Phi) is 4.29. The Hall–Kier alpha value is -2.41. The third-order valence-electron chi connectivity index (χ3n) is 3.84. The summed E-state index contributed by atoms with van der Waals surface area (Å²) in [4.78, 5) is 18.1. The summed E-state index contributed by atoms with van der Waals surface area (Å²) in [7, 11) is 0. The van der Waals surface area contributed by atoms with Crippen molar-refractivity contribution < 1.29 is 18.0 Å². The predicted octanol–water partition coefficient (Wildman–Crippen LogP) is 2.29. The van der Waals surface area contributed by atoms with Gasteiger partial charge < -0.3 is 10.2 Å². The molecule has 1 atom stereocenters. The summed E-state index contributed by atoms with van der Waals surface area (Å²) in [5, 5.41) is 3.16. The molecule has 4 nitrogen and oxygen atoms in total. The maximum atomic E-state index is 13.9. The van der Waals surface area contributed by atoms with E-state index in [9.17, 15) is 18.0 Å². The molecule has 0 saturated carbocycles. The molecule has 0 spiro atoms. The number of carbonyl (C=O) groups excluding carboxylic acids is 1. The standard InChI is InChI=1S/C16H14F3N3O/c17-12-4-3-11(14(18)15(12)19)16(23)22-7-6-21-9-13(22)10-2-1-5-20-8-10/h1-5,8,13,21H,6-7,9H2. The van der Waals surface area contributed by atoms with E-state index < -0.39 is 28.9 Å². The van der Waals surface area contributed by atoms with Gasteiger partial charge in [0.1, 0.15) is 0 Å². The van der Waals surface area contributed by atoms with Crippen LogP contribution in [0.1, 0.15) is 22.0 Å². The molecule has 0 aliphatic carbocycles. The minimum atomic E-state index is -1.64. The summed E-state index contributed by atoms with van der Waals surface area (Å²) in [6.07, 6.45) is 3.24. The topological polar surface area (TPSA) is 45.2 Å². The molecule has 1 amide bonds. The molecule has 3 rings (SSSR count). The van der Waals surface area contributed by atoms with Gasteiger partial charge >= 0.3 is 0 Å². The van der Waals surface area contributed by atoms with E-state index in [2.05, 4.69) is 10.3 Å². The van der Waals surface area contributed by atoms with E-state index in [-0.39, 0.29) is 6.04 Å². The second-order valence-electron chi connectivity index (χ2n) is 5.23. The molecule has 1 aliphatic rings. The largest absolute Gasteiger partial charge is 0.329 e. The molecule has 1 unspecified atom stereocenters. The highest BCUT2D eigenvalue weighted by Crippen LogP contribution is 2.25. The average molecular weight is 321 g/mol. The average Bonchev–Trinajstić information content (AvgIpc) is 2.60. The Labute approximate surface area is 130 Å². The fraction of sp³-hybridized carbons (Fsp3) is 0.250. The third-order valence-corrected chi connectivity index (χ3v) is 3.84. The van der Waals surface area contributed by atoms with Gasteiger partial charge in [-0.3, -0.25) is 9.78 Å². The van der Waals surface area contributed by atoms with E-state index in [1.54, 1.807) is 18.5 Å². The molecule has 0 radical (unpaired) electrons. The van der Waals surface area contributed by atoms with Crippen LogP contribution >= 0.6 is 0 Å². The molecular weight excluding hydrogens is 307 g/mol. The Balaban J connectivity index is 1.95. The molecule has 1 N–H and O–H groups in total. The molecule has 0 bridgehead atoms. The number of carbonyl (C=O) groups is 1. The van der Waals surface area contributed by atoms with Crippen LogP contribution in [0.15, 0.2) is 36.7 Å². The van der Waals surface area contributed by atoms with Gasteiger partial charge in [-0.15, -0.1) is 0 Å². The van der Waals surface area contributed by atoms with Crippen LogP contribution in [0.3, 0.4) is 0 Å². The van der Waals surface area contributed by atoms with Gasteiger partial charge in [0.2, 0.25) is 0 Å². The van der Waals surface area contributed by atoms with Crippen LogP contribution < -0.4 is 5.32 Å². The summed E-state index contributed by atoms with van der Waals surface area (Å²) < 4.78 is 40.4. The lowest BCUT2D eigenvalue weighted by atomic mass is 10.0. The van der Waals surface area contributed by atoms with E-state index in [0.29, 0.717) is 19.6 Å². The van der Waals surface area contributed by atoms with Crippen LogP contribution in [0, 0.1) is 17.5 Å². The molecule has 2 aromatic rings. The Morgan fingerprint density at radius 1 is 1.22 bits per heavy atom. The van der Waals surface area contributed by atoms with Crippen molar-refractivity contribution in [2.45, 2.75) is 6.04 Å². The van der Waals surface area contributed by atoms with E-state index in [1.807, 2.05) is 6.07 Å². The molecule has 23 heavy (non-hydrogen) atoms. The highest BCUT2D eigenvalue weighted by atomic mass is 19.2. The first-order chi connectivity index (χ1) is 11.1. The number of benzene rings is 1. The number of aromatic nitrogens is 1. The quantitative estimate of drug-likeness (QED) is 0.863. The number of amides is 1. The van der Waals surface area contributed by atoms with E-state index in [0.717, 1.165) is 17.7 Å². The van der Waals surface area contributed by atoms with Crippen molar-refractivity contribution in [1.82, 2.24) is 15.2 Å². The van der Waals surface area contributed by atoms with Crippen molar-refractivity contribution in [2.75, 3.05) is 19.6 Å². The van der Waals surface area contributed by atoms with Gasteiger partial charge in [-0.2, -0.15) is 0 Å². The maximum Gasteiger partial charge on any atom is 0.257 e. The first kappa shape index (κ1) is 15.5. The van der Waals surface area contributed by atoms with Crippen LogP contribution in [0.4, 0.5) is 13.2 Å². The van der Waals surface area contributed by atoms with E-state index >= 15 is 0 Å².